The monoisotopic (exact) mass is 248 g/mol. The van der Waals surface area contributed by atoms with Gasteiger partial charge in [0, 0.05) is 13.1 Å². The number of methoxy groups -OCH3 is 1. The van der Waals surface area contributed by atoms with Crippen LogP contribution in [0.5, 0.6) is 0 Å². The Bertz CT molecular complexity index is 652. The third-order valence-corrected chi connectivity index (χ3v) is 3.07. The van der Waals surface area contributed by atoms with Crippen molar-refractivity contribution in [3.05, 3.63) is 34.2 Å². The van der Waals surface area contributed by atoms with E-state index >= 15 is 0 Å². The number of hydrogen-bond donors (Lipinski definition) is 0. The van der Waals surface area contributed by atoms with Crippen molar-refractivity contribution in [2.75, 3.05) is 7.11 Å². The predicted molar refractivity (Wildman–Crippen MR) is 68.9 cm³/mol. The smallest absolute Gasteiger partial charge is 0.337 e. The summed E-state index contributed by atoms with van der Waals surface area (Å²) in [5.41, 5.74) is 2.03. The van der Waals surface area contributed by atoms with E-state index in [2.05, 4.69) is 4.74 Å². The summed E-state index contributed by atoms with van der Waals surface area (Å²) in [5, 5.41) is 0. The molecule has 0 saturated carbocycles. The second-order valence-corrected chi connectivity index (χ2v) is 3.97. The van der Waals surface area contributed by atoms with Crippen molar-refractivity contribution in [3.8, 4) is 0 Å². The van der Waals surface area contributed by atoms with Crippen molar-refractivity contribution < 1.29 is 9.53 Å². The van der Waals surface area contributed by atoms with Crippen LogP contribution in [-0.4, -0.2) is 22.2 Å². The Kier molecular flexibility index (Phi) is 3.23. The lowest BCUT2D eigenvalue weighted by atomic mass is 10.2. The van der Waals surface area contributed by atoms with Crippen LogP contribution in [-0.2, 0) is 17.8 Å². The number of carbonyl (C=O) groups is 1. The maximum atomic E-state index is 12.1. The SMILES string of the molecule is CCn1c(=O)n(CC)c2cc(C(=O)OC)ccc21. The van der Waals surface area contributed by atoms with Crippen LogP contribution in [0, 0.1) is 0 Å². The molecular weight excluding hydrogens is 232 g/mol. The maximum Gasteiger partial charge on any atom is 0.337 e. The van der Waals surface area contributed by atoms with E-state index < -0.39 is 5.97 Å². The van der Waals surface area contributed by atoms with E-state index in [0.29, 0.717) is 18.7 Å². The second-order valence-electron chi connectivity index (χ2n) is 3.97. The summed E-state index contributed by atoms with van der Waals surface area (Å²) in [5.74, 6) is -0.392. The lowest BCUT2D eigenvalue weighted by Gasteiger charge is -2.02. The largest absolute Gasteiger partial charge is 0.465 e. The molecule has 0 unspecified atom stereocenters. The summed E-state index contributed by atoms with van der Waals surface area (Å²) in [4.78, 5) is 23.6. The Morgan fingerprint density at radius 2 is 1.78 bits per heavy atom. The molecule has 0 aliphatic rings. The molecule has 1 heterocycles. The van der Waals surface area contributed by atoms with Crippen molar-refractivity contribution in [2.24, 2.45) is 0 Å². The molecule has 0 aliphatic carbocycles. The Hall–Kier alpha value is -2.04. The van der Waals surface area contributed by atoms with E-state index in [9.17, 15) is 9.59 Å². The molecule has 2 aromatic rings. The summed E-state index contributed by atoms with van der Waals surface area (Å²) in [6.07, 6.45) is 0. The van der Waals surface area contributed by atoms with Gasteiger partial charge in [-0.25, -0.2) is 9.59 Å². The first kappa shape index (κ1) is 12.4. The van der Waals surface area contributed by atoms with Crippen LogP contribution in [0.3, 0.4) is 0 Å². The van der Waals surface area contributed by atoms with Gasteiger partial charge in [-0.3, -0.25) is 9.13 Å². The molecule has 5 heteroatoms. The van der Waals surface area contributed by atoms with Crippen LogP contribution in [0.1, 0.15) is 24.2 Å². The zero-order valence-electron chi connectivity index (χ0n) is 10.8. The first-order chi connectivity index (χ1) is 8.63. The van der Waals surface area contributed by atoms with Gasteiger partial charge >= 0.3 is 11.7 Å². The van der Waals surface area contributed by atoms with Gasteiger partial charge in [0.05, 0.1) is 23.7 Å². The minimum absolute atomic E-state index is 0.0444. The van der Waals surface area contributed by atoms with Gasteiger partial charge in [-0.2, -0.15) is 0 Å². The number of hydrogen-bond acceptors (Lipinski definition) is 3. The lowest BCUT2D eigenvalue weighted by molar-refractivity contribution is 0.0601. The molecule has 18 heavy (non-hydrogen) atoms. The van der Waals surface area contributed by atoms with E-state index in [1.165, 1.54) is 7.11 Å². The lowest BCUT2D eigenvalue weighted by Crippen LogP contribution is -2.23. The predicted octanol–water partition coefficient (Wildman–Crippen LogP) is 1.63. The highest BCUT2D eigenvalue weighted by Gasteiger charge is 2.13. The first-order valence-corrected chi connectivity index (χ1v) is 5.95. The average molecular weight is 248 g/mol. The molecule has 0 atom stereocenters. The summed E-state index contributed by atoms with van der Waals surface area (Å²) in [7, 11) is 1.34. The Labute approximate surface area is 105 Å². The number of nitrogens with zero attached hydrogens (tertiary/aromatic N) is 2. The van der Waals surface area contributed by atoms with Crippen LogP contribution in [0.4, 0.5) is 0 Å². The normalized spacial score (nSPS) is 10.8. The van der Waals surface area contributed by atoms with Crippen molar-refractivity contribution in [1.29, 1.82) is 0 Å². The fourth-order valence-corrected chi connectivity index (χ4v) is 2.18. The van der Waals surface area contributed by atoms with Crippen molar-refractivity contribution in [3.63, 3.8) is 0 Å². The molecule has 0 radical (unpaired) electrons. The van der Waals surface area contributed by atoms with Gasteiger partial charge in [0.15, 0.2) is 0 Å². The fraction of sp³-hybridized carbons (Fsp3) is 0.385. The first-order valence-electron chi connectivity index (χ1n) is 5.95. The highest BCUT2D eigenvalue weighted by atomic mass is 16.5. The molecule has 5 nitrogen and oxygen atoms in total. The summed E-state index contributed by atoms with van der Waals surface area (Å²) in [6.45, 7) is 5.02. The molecule has 96 valence electrons. The minimum Gasteiger partial charge on any atom is -0.465 e. The summed E-state index contributed by atoms with van der Waals surface area (Å²) >= 11 is 0. The van der Waals surface area contributed by atoms with Crippen LogP contribution in [0.15, 0.2) is 23.0 Å². The molecule has 0 aliphatic heterocycles. The number of ether oxygens (including phenoxy) is 1. The summed E-state index contributed by atoms with van der Waals surface area (Å²) < 4.78 is 8.04. The molecule has 0 N–H and O–H groups in total. The molecule has 1 aromatic heterocycles. The number of carbonyl (C=O) groups excluding carboxylic acids is 1. The summed E-state index contributed by atoms with van der Waals surface area (Å²) in [6, 6.07) is 5.18. The molecule has 0 spiro atoms. The van der Waals surface area contributed by atoms with Crippen molar-refractivity contribution in [2.45, 2.75) is 26.9 Å². The second kappa shape index (κ2) is 4.68. The van der Waals surface area contributed by atoms with Crippen molar-refractivity contribution >= 4 is 17.0 Å². The van der Waals surface area contributed by atoms with Crippen LogP contribution >= 0.6 is 0 Å². The number of aryl methyl sites for hydroxylation is 2. The standard InChI is InChI=1S/C13H16N2O3/c1-4-14-10-7-6-9(12(16)18-3)8-11(10)15(5-2)13(14)17/h6-8H,4-5H2,1-3H3. The number of aromatic nitrogens is 2. The number of fused-ring (bicyclic) bond motifs is 1. The maximum absolute atomic E-state index is 12.1. The fourth-order valence-electron chi connectivity index (χ4n) is 2.18. The zero-order valence-corrected chi connectivity index (χ0v) is 10.8. The molecular formula is C13H16N2O3. The van der Waals surface area contributed by atoms with Gasteiger partial charge in [0.1, 0.15) is 0 Å². The van der Waals surface area contributed by atoms with Crippen molar-refractivity contribution in [1.82, 2.24) is 9.13 Å². The van der Waals surface area contributed by atoms with Crippen LogP contribution in [0.25, 0.3) is 11.0 Å². The number of imidazole rings is 1. The molecule has 2 rings (SSSR count). The number of rotatable bonds is 3. The van der Waals surface area contributed by atoms with Gasteiger partial charge in [0.25, 0.3) is 0 Å². The van der Waals surface area contributed by atoms with Crippen LogP contribution < -0.4 is 5.69 Å². The topological polar surface area (TPSA) is 53.2 Å². The van der Waals surface area contributed by atoms with E-state index in [-0.39, 0.29) is 5.69 Å². The highest BCUT2D eigenvalue weighted by molar-refractivity contribution is 5.93. The van der Waals surface area contributed by atoms with Gasteiger partial charge in [-0.15, -0.1) is 0 Å². The van der Waals surface area contributed by atoms with E-state index in [1.54, 1.807) is 27.3 Å². The van der Waals surface area contributed by atoms with Gasteiger partial charge in [-0.05, 0) is 32.0 Å². The third kappa shape index (κ3) is 1.72. The molecule has 0 bridgehead atoms. The number of esters is 1. The minimum atomic E-state index is -0.392. The van der Waals surface area contributed by atoms with E-state index in [4.69, 9.17) is 0 Å². The quantitative estimate of drug-likeness (QED) is 0.776. The van der Waals surface area contributed by atoms with Gasteiger partial charge in [0.2, 0.25) is 0 Å². The Morgan fingerprint density at radius 3 is 2.33 bits per heavy atom. The molecule has 0 fully saturated rings. The number of benzene rings is 1. The Balaban J connectivity index is 2.77. The molecule has 0 saturated heterocycles. The zero-order chi connectivity index (χ0) is 13.3. The highest BCUT2D eigenvalue weighted by Crippen LogP contribution is 2.16. The molecule has 0 amide bonds. The average Bonchev–Trinajstić information content (AvgIpc) is 2.67. The Morgan fingerprint density at radius 1 is 1.17 bits per heavy atom. The van der Waals surface area contributed by atoms with Gasteiger partial charge < -0.3 is 4.74 Å². The third-order valence-electron chi connectivity index (χ3n) is 3.07. The van der Waals surface area contributed by atoms with Crippen LogP contribution in [0.2, 0.25) is 0 Å². The molecule has 1 aromatic carbocycles. The van der Waals surface area contributed by atoms with Gasteiger partial charge in [-0.1, -0.05) is 0 Å². The van der Waals surface area contributed by atoms with E-state index in [1.807, 2.05) is 13.8 Å². The van der Waals surface area contributed by atoms with E-state index in [0.717, 1.165) is 11.0 Å².